The van der Waals surface area contributed by atoms with E-state index < -0.39 is 0 Å². The monoisotopic (exact) mass is 343 g/mol. The predicted molar refractivity (Wildman–Crippen MR) is 93.0 cm³/mol. The first kappa shape index (κ1) is 17.5. The average molecular weight is 343 g/mol. The van der Waals surface area contributed by atoms with Crippen LogP contribution >= 0.6 is 0 Å². The van der Waals surface area contributed by atoms with Crippen molar-refractivity contribution >= 4 is 5.91 Å². The van der Waals surface area contributed by atoms with Crippen molar-refractivity contribution in [2.45, 2.75) is 39.7 Å². The van der Waals surface area contributed by atoms with Crippen molar-refractivity contribution in [3.63, 3.8) is 0 Å². The van der Waals surface area contributed by atoms with Crippen molar-refractivity contribution in [2.24, 2.45) is 7.05 Å². The van der Waals surface area contributed by atoms with Crippen LogP contribution in [0, 0.1) is 20.8 Å². The predicted octanol–water partition coefficient (Wildman–Crippen LogP) is 1.67. The molecule has 134 valence electrons. The molecular weight excluding hydrogens is 318 g/mol. The number of carbonyl (C=O) groups is 1. The summed E-state index contributed by atoms with van der Waals surface area (Å²) >= 11 is 0. The van der Waals surface area contributed by atoms with Gasteiger partial charge >= 0.3 is 0 Å². The van der Waals surface area contributed by atoms with E-state index in [-0.39, 0.29) is 12.0 Å². The number of nitrogens with zero attached hydrogens (tertiary/aromatic N) is 5. The third-order valence-electron chi connectivity index (χ3n) is 4.65. The lowest BCUT2D eigenvalue weighted by atomic mass is 10.1. The van der Waals surface area contributed by atoms with E-state index in [1.54, 1.807) is 0 Å². The molecule has 1 aliphatic rings. The van der Waals surface area contributed by atoms with E-state index in [4.69, 9.17) is 4.74 Å². The van der Waals surface area contributed by atoms with Crippen LogP contribution in [0.3, 0.4) is 0 Å². The fraction of sp³-hybridized carbons (Fsp3) is 0.556. The molecule has 0 saturated carbocycles. The SMILES string of the molecule is Cc1cc(C)nc(C2CN(C(=O)CCc3cnn(C)c3C)CCO2)n1. The van der Waals surface area contributed by atoms with Crippen LogP contribution in [0.25, 0.3) is 0 Å². The molecule has 1 saturated heterocycles. The number of aryl methyl sites for hydroxylation is 4. The van der Waals surface area contributed by atoms with Gasteiger partial charge in [-0.3, -0.25) is 9.48 Å². The molecule has 7 nitrogen and oxygen atoms in total. The van der Waals surface area contributed by atoms with E-state index in [1.807, 2.05) is 49.7 Å². The zero-order chi connectivity index (χ0) is 18.0. The highest BCUT2D eigenvalue weighted by Crippen LogP contribution is 2.21. The molecule has 1 aliphatic heterocycles. The third kappa shape index (κ3) is 4.04. The molecule has 2 aromatic rings. The molecular formula is C18H25N5O2. The minimum atomic E-state index is -0.253. The molecule has 25 heavy (non-hydrogen) atoms. The quantitative estimate of drug-likeness (QED) is 0.844. The van der Waals surface area contributed by atoms with Crippen molar-refractivity contribution in [1.82, 2.24) is 24.6 Å². The van der Waals surface area contributed by atoms with Crippen molar-refractivity contribution in [3.05, 3.63) is 40.7 Å². The molecule has 0 bridgehead atoms. The molecule has 3 heterocycles. The summed E-state index contributed by atoms with van der Waals surface area (Å²) in [6, 6.07) is 1.94. The molecule has 3 rings (SSSR count). The summed E-state index contributed by atoms with van der Waals surface area (Å²) in [5.74, 6) is 0.805. The average Bonchev–Trinajstić information content (AvgIpc) is 2.91. The molecule has 0 spiro atoms. The Morgan fingerprint density at radius 3 is 2.64 bits per heavy atom. The number of morpholine rings is 1. The highest BCUT2D eigenvalue weighted by Gasteiger charge is 2.27. The van der Waals surface area contributed by atoms with E-state index in [9.17, 15) is 4.79 Å². The van der Waals surface area contributed by atoms with Gasteiger partial charge in [-0.15, -0.1) is 0 Å². The maximum Gasteiger partial charge on any atom is 0.223 e. The van der Waals surface area contributed by atoms with E-state index in [2.05, 4.69) is 15.1 Å². The van der Waals surface area contributed by atoms with Crippen LogP contribution in [0.5, 0.6) is 0 Å². The van der Waals surface area contributed by atoms with Gasteiger partial charge < -0.3 is 9.64 Å². The number of ether oxygens (including phenoxy) is 1. The van der Waals surface area contributed by atoms with Gasteiger partial charge in [0.15, 0.2) is 5.82 Å². The van der Waals surface area contributed by atoms with Gasteiger partial charge in [0.1, 0.15) is 6.10 Å². The minimum absolute atomic E-state index is 0.140. The standard InChI is InChI=1S/C18H25N5O2/c1-12-9-13(2)21-18(20-12)16-11-23(7-8-25-16)17(24)6-5-15-10-19-22(4)14(15)3/h9-10,16H,5-8,11H2,1-4H3. The molecule has 1 fully saturated rings. The van der Waals surface area contributed by atoms with Gasteiger partial charge in [-0.25, -0.2) is 9.97 Å². The van der Waals surface area contributed by atoms with Crippen LogP contribution in [-0.2, 0) is 23.0 Å². The minimum Gasteiger partial charge on any atom is -0.367 e. The van der Waals surface area contributed by atoms with Gasteiger partial charge in [0.2, 0.25) is 5.91 Å². The lowest BCUT2D eigenvalue weighted by Crippen LogP contribution is -2.42. The van der Waals surface area contributed by atoms with E-state index in [1.165, 1.54) is 0 Å². The number of hydrogen-bond donors (Lipinski definition) is 0. The number of hydrogen-bond acceptors (Lipinski definition) is 5. The summed E-state index contributed by atoms with van der Waals surface area (Å²) in [5.41, 5.74) is 4.07. The topological polar surface area (TPSA) is 73.1 Å². The second-order valence-corrected chi connectivity index (χ2v) is 6.59. The van der Waals surface area contributed by atoms with Crippen LogP contribution in [0.4, 0.5) is 0 Å². The van der Waals surface area contributed by atoms with Gasteiger partial charge in [-0.2, -0.15) is 5.10 Å². The first-order chi connectivity index (χ1) is 11.9. The second kappa shape index (κ2) is 7.31. The molecule has 1 amide bonds. The first-order valence-corrected chi connectivity index (χ1v) is 8.63. The zero-order valence-electron chi connectivity index (χ0n) is 15.3. The van der Waals surface area contributed by atoms with Crippen molar-refractivity contribution in [1.29, 1.82) is 0 Å². The summed E-state index contributed by atoms with van der Waals surface area (Å²) in [7, 11) is 1.91. The molecule has 1 atom stereocenters. The summed E-state index contributed by atoms with van der Waals surface area (Å²) < 4.78 is 7.64. The Morgan fingerprint density at radius 2 is 2.00 bits per heavy atom. The molecule has 0 aliphatic carbocycles. The summed E-state index contributed by atoms with van der Waals surface area (Å²) in [6.07, 6.45) is 2.78. The Balaban J connectivity index is 1.62. The Kier molecular flexibility index (Phi) is 5.13. The first-order valence-electron chi connectivity index (χ1n) is 8.63. The Hall–Kier alpha value is -2.28. The van der Waals surface area contributed by atoms with Gasteiger partial charge in [-0.1, -0.05) is 0 Å². The van der Waals surface area contributed by atoms with E-state index >= 15 is 0 Å². The summed E-state index contributed by atoms with van der Waals surface area (Å²) in [4.78, 5) is 23.4. The second-order valence-electron chi connectivity index (χ2n) is 6.59. The maximum absolute atomic E-state index is 12.6. The summed E-state index contributed by atoms with van der Waals surface area (Å²) in [6.45, 7) is 7.55. The van der Waals surface area contributed by atoms with Crippen LogP contribution in [0.1, 0.15) is 41.0 Å². The van der Waals surface area contributed by atoms with Gasteiger partial charge in [0.25, 0.3) is 0 Å². The number of carbonyl (C=O) groups excluding carboxylic acids is 1. The number of rotatable bonds is 4. The highest BCUT2D eigenvalue weighted by atomic mass is 16.5. The van der Waals surface area contributed by atoms with E-state index in [0.29, 0.717) is 38.4 Å². The largest absolute Gasteiger partial charge is 0.367 e. The van der Waals surface area contributed by atoms with Crippen molar-refractivity contribution in [2.75, 3.05) is 19.7 Å². The van der Waals surface area contributed by atoms with Gasteiger partial charge in [-0.05, 0) is 38.8 Å². The highest BCUT2D eigenvalue weighted by molar-refractivity contribution is 5.76. The molecule has 0 radical (unpaired) electrons. The zero-order valence-corrected chi connectivity index (χ0v) is 15.3. The van der Waals surface area contributed by atoms with Gasteiger partial charge in [0.05, 0.1) is 19.3 Å². The van der Waals surface area contributed by atoms with Crippen molar-refractivity contribution < 1.29 is 9.53 Å². The lowest BCUT2D eigenvalue weighted by molar-refractivity contribution is -0.139. The normalized spacial score (nSPS) is 17.8. The molecule has 0 N–H and O–H groups in total. The third-order valence-corrected chi connectivity index (χ3v) is 4.65. The fourth-order valence-electron chi connectivity index (χ4n) is 3.12. The fourth-order valence-corrected chi connectivity index (χ4v) is 3.12. The molecule has 1 unspecified atom stereocenters. The Labute approximate surface area is 148 Å². The summed E-state index contributed by atoms with van der Waals surface area (Å²) in [5, 5.41) is 4.23. The van der Waals surface area contributed by atoms with Crippen molar-refractivity contribution in [3.8, 4) is 0 Å². The number of amides is 1. The van der Waals surface area contributed by atoms with Crippen LogP contribution in [0.15, 0.2) is 12.3 Å². The van der Waals surface area contributed by atoms with Crippen LogP contribution in [-0.4, -0.2) is 50.3 Å². The number of aromatic nitrogens is 4. The van der Waals surface area contributed by atoms with Crippen LogP contribution in [0.2, 0.25) is 0 Å². The van der Waals surface area contributed by atoms with Gasteiger partial charge in [0, 0.05) is 37.1 Å². The Bertz CT molecular complexity index is 751. The smallest absolute Gasteiger partial charge is 0.223 e. The Morgan fingerprint density at radius 1 is 1.28 bits per heavy atom. The van der Waals surface area contributed by atoms with E-state index in [0.717, 1.165) is 22.6 Å². The lowest BCUT2D eigenvalue weighted by Gasteiger charge is -2.32. The van der Waals surface area contributed by atoms with Crippen LogP contribution < -0.4 is 0 Å². The molecule has 7 heteroatoms. The molecule has 2 aromatic heterocycles. The molecule has 0 aromatic carbocycles. The maximum atomic E-state index is 12.6.